The molecule has 0 fully saturated rings. The fourth-order valence-electron chi connectivity index (χ4n) is 3.37. The molecule has 152 valence electrons. The van der Waals surface area contributed by atoms with Gasteiger partial charge in [0.2, 0.25) is 0 Å². The summed E-state index contributed by atoms with van der Waals surface area (Å²) in [6.07, 6.45) is 1.42. The zero-order valence-electron chi connectivity index (χ0n) is 16.4. The van der Waals surface area contributed by atoms with Crippen LogP contribution in [0.5, 0.6) is 0 Å². The van der Waals surface area contributed by atoms with Crippen LogP contribution in [0.1, 0.15) is 31.2 Å². The van der Waals surface area contributed by atoms with Gasteiger partial charge in [0.25, 0.3) is 5.56 Å². The minimum atomic E-state index is -0.693. The summed E-state index contributed by atoms with van der Waals surface area (Å²) in [5.41, 5.74) is 0.577. The van der Waals surface area contributed by atoms with E-state index in [2.05, 4.69) is 19.9 Å². The van der Waals surface area contributed by atoms with Crippen molar-refractivity contribution >= 4 is 22.6 Å². The number of aromatic nitrogens is 5. The summed E-state index contributed by atoms with van der Waals surface area (Å²) >= 11 is 6.34. The molecule has 1 aromatic carbocycles. The molecule has 9 heteroatoms. The van der Waals surface area contributed by atoms with Gasteiger partial charge in [-0.15, -0.1) is 0 Å². The summed E-state index contributed by atoms with van der Waals surface area (Å²) in [5, 5.41) is 0.186. The van der Waals surface area contributed by atoms with Gasteiger partial charge in [-0.3, -0.25) is 9.78 Å². The Kier molecular flexibility index (Phi) is 4.95. The lowest BCUT2D eigenvalue weighted by Crippen LogP contribution is -2.31. The molecule has 0 saturated heterocycles. The first-order valence-corrected chi connectivity index (χ1v) is 9.59. The Bertz CT molecular complexity index is 1410. The Labute approximate surface area is 175 Å². The van der Waals surface area contributed by atoms with Crippen molar-refractivity contribution < 1.29 is 4.39 Å². The fourth-order valence-corrected chi connectivity index (χ4v) is 3.62. The van der Waals surface area contributed by atoms with Crippen LogP contribution in [0.4, 0.5) is 4.39 Å². The lowest BCUT2D eigenvalue weighted by Gasteiger charge is -2.17. The zero-order valence-corrected chi connectivity index (χ0v) is 17.2. The molecule has 0 aliphatic heterocycles. The minimum Gasteiger partial charge on any atom is -0.273 e. The molecular weight excluding hydrogens is 409 g/mol. The van der Waals surface area contributed by atoms with E-state index in [1.807, 2.05) is 13.8 Å². The molecule has 1 N–H and O–H groups in total. The van der Waals surface area contributed by atoms with Gasteiger partial charge >= 0.3 is 5.69 Å². The van der Waals surface area contributed by atoms with Crippen molar-refractivity contribution in [3.05, 3.63) is 79.7 Å². The molecule has 3 heterocycles. The number of H-pyrrole nitrogens is 1. The molecule has 0 saturated carbocycles. The number of pyridine rings is 1. The Morgan fingerprint density at radius 2 is 1.90 bits per heavy atom. The first kappa shape index (κ1) is 19.9. The number of aryl methyl sites for hydroxylation is 1. The number of hydrogen-bond donors (Lipinski definition) is 1. The SMILES string of the molecule is Cc1ncnc(C(C)C)c1-n1c(=O)[nH]c(=O)c2cc(Cl)c(-c3ccccc3F)nc21. The summed E-state index contributed by atoms with van der Waals surface area (Å²) < 4.78 is 15.7. The van der Waals surface area contributed by atoms with Gasteiger partial charge in [0.1, 0.15) is 12.1 Å². The smallest absolute Gasteiger partial charge is 0.273 e. The van der Waals surface area contributed by atoms with Crippen molar-refractivity contribution in [3.63, 3.8) is 0 Å². The number of nitrogens with one attached hydrogen (secondary N) is 1. The van der Waals surface area contributed by atoms with Gasteiger partial charge in [-0.25, -0.2) is 28.7 Å². The molecule has 0 amide bonds. The zero-order chi connectivity index (χ0) is 21.6. The lowest BCUT2D eigenvalue weighted by molar-refractivity contribution is 0.631. The molecule has 0 spiro atoms. The maximum atomic E-state index is 14.4. The summed E-state index contributed by atoms with van der Waals surface area (Å²) in [4.78, 5) is 40.6. The highest BCUT2D eigenvalue weighted by Crippen LogP contribution is 2.31. The quantitative estimate of drug-likeness (QED) is 0.539. The van der Waals surface area contributed by atoms with Gasteiger partial charge in [0.15, 0.2) is 5.65 Å². The standard InChI is InChI=1S/C21H17ClFN5O2/c1-10(2)16-18(11(3)24-9-25-16)28-19-13(20(29)27-21(28)30)8-14(22)17(26-19)12-6-4-5-7-15(12)23/h4-10H,1-3H3,(H,27,29,30). The molecule has 0 bridgehead atoms. The summed E-state index contributed by atoms with van der Waals surface area (Å²) in [5.74, 6) is -0.555. The maximum absolute atomic E-state index is 14.4. The molecule has 4 aromatic rings. The average molecular weight is 426 g/mol. The number of halogens is 2. The highest BCUT2D eigenvalue weighted by Gasteiger charge is 2.21. The van der Waals surface area contributed by atoms with Crippen molar-refractivity contribution in [2.24, 2.45) is 0 Å². The molecule has 3 aromatic heterocycles. The van der Waals surface area contributed by atoms with Gasteiger partial charge in [-0.1, -0.05) is 37.6 Å². The van der Waals surface area contributed by atoms with Gasteiger partial charge in [0, 0.05) is 5.56 Å². The topological polar surface area (TPSA) is 93.5 Å². The second-order valence-corrected chi connectivity index (χ2v) is 7.52. The van der Waals surface area contributed by atoms with Gasteiger partial charge in [-0.05, 0) is 31.0 Å². The van der Waals surface area contributed by atoms with Crippen molar-refractivity contribution in [2.75, 3.05) is 0 Å². The fraction of sp³-hybridized carbons (Fsp3) is 0.190. The monoisotopic (exact) mass is 425 g/mol. The number of aromatic amines is 1. The average Bonchev–Trinajstić information content (AvgIpc) is 2.69. The molecule has 4 rings (SSSR count). The Morgan fingerprint density at radius 1 is 1.17 bits per heavy atom. The largest absolute Gasteiger partial charge is 0.334 e. The first-order chi connectivity index (χ1) is 14.3. The number of hydrogen-bond acceptors (Lipinski definition) is 5. The van der Waals surface area contributed by atoms with E-state index in [9.17, 15) is 14.0 Å². The Balaban J connectivity index is 2.18. The first-order valence-electron chi connectivity index (χ1n) is 9.22. The predicted octanol–water partition coefficient (Wildman–Crippen LogP) is 3.76. The van der Waals surface area contributed by atoms with E-state index in [4.69, 9.17) is 11.6 Å². The molecule has 0 radical (unpaired) electrons. The summed E-state index contributed by atoms with van der Waals surface area (Å²) in [6.45, 7) is 5.60. The van der Waals surface area contributed by atoms with E-state index >= 15 is 0 Å². The molecule has 0 aliphatic carbocycles. The highest BCUT2D eigenvalue weighted by molar-refractivity contribution is 6.33. The van der Waals surface area contributed by atoms with Crippen LogP contribution in [-0.4, -0.2) is 24.5 Å². The van der Waals surface area contributed by atoms with Crippen molar-refractivity contribution in [1.29, 1.82) is 0 Å². The number of rotatable bonds is 3. The minimum absolute atomic E-state index is 0.0334. The normalized spacial score (nSPS) is 11.4. The second-order valence-electron chi connectivity index (χ2n) is 7.11. The van der Waals surface area contributed by atoms with Crippen molar-refractivity contribution in [3.8, 4) is 16.9 Å². The third-order valence-corrected chi connectivity index (χ3v) is 5.06. The number of fused-ring (bicyclic) bond motifs is 1. The van der Waals surface area contributed by atoms with Gasteiger partial charge < -0.3 is 0 Å². The van der Waals surface area contributed by atoms with Crippen LogP contribution in [0, 0.1) is 12.7 Å². The van der Waals surface area contributed by atoms with Crippen LogP contribution >= 0.6 is 11.6 Å². The highest BCUT2D eigenvalue weighted by atomic mass is 35.5. The van der Waals surface area contributed by atoms with E-state index in [0.29, 0.717) is 17.1 Å². The second kappa shape index (κ2) is 7.46. The summed E-state index contributed by atoms with van der Waals surface area (Å²) in [7, 11) is 0. The van der Waals surface area contributed by atoms with Gasteiger partial charge in [-0.2, -0.15) is 0 Å². The third kappa shape index (κ3) is 3.19. The van der Waals surface area contributed by atoms with Crippen LogP contribution in [0.25, 0.3) is 28.0 Å². The van der Waals surface area contributed by atoms with Crippen molar-refractivity contribution in [2.45, 2.75) is 26.7 Å². The van der Waals surface area contributed by atoms with E-state index in [-0.39, 0.29) is 33.2 Å². The molecule has 0 unspecified atom stereocenters. The molecule has 30 heavy (non-hydrogen) atoms. The summed E-state index contributed by atoms with van der Waals surface area (Å²) in [6, 6.07) is 7.40. The van der Waals surface area contributed by atoms with Crippen LogP contribution < -0.4 is 11.2 Å². The van der Waals surface area contributed by atoms with Crippen LogP contribution in [-0.2, 0) is 0 Å². The lowest BCUT2D eigenvalue weighted by atomic mass is 10.1. The van der Waals surface area contributed by atoms with Crippen LogP contribution in [0.2, 0.25) is 5.02 Å². The maximum Gasteiger partial charge on any atom is 0.334 e. The van der Waals surface area contributed by atoms with Crippen LogP contribution in [0.3, 0.4) is 0 Å². The van der Waals surface area contributed by atoms with Crippen LogP contribution in [0.15, 0.2) is 46.2 Å². The third-order valence-electron chi connectivity index (χ3n) is 4.77. The Morgan fingerprint density at radius 3 is 2.60 bits per heavy atom. The predicted molar refractivity (Wildman–Crippen MR) is 113 cm³/mol. The Hall–Kier alpha value is -3.39. The molecular formula is C21H17ClFN5O2. The molecule has 0 atom stereocenters. The van der Waals surface area contributed by atoms with E-state index in [1.165, 1.54) is 29.1 Å². The van der Waals surface area contributed by atoms with Crippen molar-refractivity contribution in [1.82, 2.24) is 24.5 Å². The van der Waals surface area contributed by atoms with E-state index < -0.39 is 17.1 Å². The molecule has 0 aliphatic rings. The van der Waals surface area contributed by atoms with E-state index in [0.717, 1.165) is 0 Å². The number of nitrogens with zero attached hydrogens (tertiary/aromatic N) is 4. The number of benzene rings is 1. The van der Waals surface area contributed by atoms with Gasteiger partial charge in [0.05, 0.1) is 33.2 Å². The molecule has 7 nitrogen and oxygen atoms in total. The van der Waals surface area contributed by atoms with E-state index in [1.54, 1.807) is 19.1 Å².